The maximum atomic E-state index is 12.2. The van der Waals surface area contributed by atoms with Crippen LogP contribution in [0.3, 0.4) is 0 Å². The van der Waals surface area contributed by atoms with Gasteiger partial charge in [-0.3, -0.25) is 4.79 Å². The SMILES string of the molecule is Cc1ccc(CCC(=O)NC(C)c2ccc(S(C)(=O)=O)cc2)cc1C. The van der Waals surface area contributed by atoms with E-state index in [4.69, 9.17) is 0 Å². The Labute approximate surface area is 150 Å². The Hall–Kier alpha value is -2.14. The molecule has 0 bridgehead atoms. The number of hydrogen-bond acceptors (Lipinski definition) is 3. The number of aryl methyl sites for hydroxylation is 3. The number of nitrogens with one attached hydrogen (secondary N) is 1. The highest BCUT2D eigenvalue weighted by molar-refractivity contribution is 7.90. The first-order valence-corrected chi connectivity index (χ1v) is 10.2. The highest BCUT2D eigenvalue weighted by Crippen LogP contribution is 2.17. The molecule has 0 aliphatic heterocycles. The van der Waals surface area contributed by atoms with Gasteiger partial charge in [0.05, 0.1) is 10.9 Å². The third-order valence-electron chi connectivity index (χ3n) is 4.40. The van der Waals surface area contributed by atoms with Gasteiger partial charge in [-0.15, -0.1) is 0 Å². The van der Waals surface area contributed by atoms with Crippen molar-refractivity contribution in [2.75, 3.05) is 6.26 Å². The van der Waals surface area contributed by atoms with Crippen LogP contribution in [-0.2, 0) is 21.1 Å². The summed E-state index contributed by atoms with van der Waals surface area (Å²) in [6.45, 7) is 6.03. The van der Waals surface area contributed by atoms with Crippen LogP contribution in [0, 0.1) is 13.8 Å². The smallest absolute Gasteiger partial charge is 0.220 e. The van der Waals surface area contributed by atoms with Crippen LogP contribution in [0.15, 0.2) is 47.4 Å². The van der Waals surface area contributed by atoms with Crippen molar-refractivity contribution in [2.45, 2.75) is 44.6 Å². The molecule has 1 amide bonds. The Morgan fingerprint density at radius 1 is 1.04 bits per heavy atom. The topological polar surface area (TPSA) is 63.2 Å². The number of hydrogen-bond donors (Lipinski definition) is 1. The van der Waals surface area contributed by atoms with Crippen LogP contribution >= 0.6 is 0 Å². The fourth-order valence-corrected chi connectivity index (χ4v) is 3.25. The predicted octanol–water partition coefficient (Wildman–Crippen LogP) is 3.52. The van der Waals surface area contributed by atoms with Crippen molar-refractivity contribution in [1.29, 1.82) is 0 Å². The molecule has 0 aliphatic carbocycles. The van der Waals surface area contributed by atoms with Gasteiger partial charge in [-0.1, -0.05) is 30.3 Å². The minimum atomic E-state index is -3.20. The summed E-state index contributed by atoms with van der Waals surface area (Å²) >= 11 is 0. The van der Waals surface area contributed by atoms with Crippen molar-refractivity contribution >= 4 is 15.7 Å². The third-order valence-corrected chi connectivity index (χ3v) is 5.53. The predicted molar refractivity (Wildman–Crippen MR) is 100 cm³/mol. The Balaban J connectivity index is 1.92. The second-order valence-electron chi connectivity index (χ2n) is 6.55. The van der Waals surface area contributed by atoms with Gasteiger partial charge in [0.15, 0.2) is 9.84 Å². The fourth-order valence-electron chi connectivity index (χ4n) is 2.62. The second kappa shape index (κ2) is 7.83. The zero-order valence-electron chi connectivity index (χ0n) is 15.2. The number of sulfone groups is 1. The van der Waals surface area contributed by atoms with Crippen LogP contribution in [0.5, 0.6) is 0 Å². The molecule has 0 saturated carbocycles. The Morgan fingerprint density at radius 2 is 1.68 bits per heavy atom. The van der Waals surface area contributed by atoms with E-state index in [1.807, 2.05) is 6.92 Å². The number of carbonyl (C=O) groups is 1. The van der Waals surface area contributed by atoms with Crippen molar-refractivity contribution in [3.8, 4) is 0 Å². The van der Waals surface area contributed by atoms with Gasteiger partial charge in [-0.2, -0.15) is 0 Å². The summed E-state index contributed by atoms with van der Waals surface area (Å²) < 4.78 is 23.0. The van der Waals surface area contributed by atoms with Crippen LogP contribution < -0.4 is 5.32 Å². The van der Waals surface area contributed by atoms with Crippen LogP contribution in [-0.4, -0.2) is 20.6 Å². The summed E-state index contributed by atoms with van der Waals surface area (Å²) in [5.74, 6) is -0.0158. The molecule has 0 radical (unpaired) electrons. The Kier molecular flexibility index (Phi) is 6.01. The normalized spacial score (nSPS) is 12.6. The molecule has 2 aromatic carbocycles. The molecule has 4 nitrogen and oxygen atoms in total. The summed E-state index contributed by atoms with van der Waals surface area (Å²) in [5, 5.41) is 2.96. The molecule has 0 saturated heterocycles. The quantitative estimate of drug-likeness (QED) is 0.858. The zero-order valence-corrected chi connectivity index (χ0v) is 16.0. The lowest BCUT2D eigenvalue weighted by molar-refractivity contribution is -0.121. The first-order valence-electron chi connectivity index (χ1n) is 8.32. The molecule has 0 heterocycles. The van der Waals surface area contributed by atoms with Gasteiger partial charge >= 0.3 is 0 Å². The van der Waals surface area contributed by atoms with Gasteiger partial charge in [0.1, 0.15) is 0 Å². The van der Waals surface area contributed by atoms with Crippen LogP contribution in [0.1, 0.15) is 41.6 Å². The lowest BCUT2D eigenvalue weighted by atomic mass is 10.0. The van der Waals surface area contributed by atoms with E-state index in [2.05, 4.69) is 37.4 Å². The minimum Gasteiger partial charge on any atom is -0.350 e. The summed E-state index contributed by atoms with van der Waals surface area (Å²) in [7, 11) is -3.20. The van der Waals surface area contributed by atoms with E-state index >= 15 is 0 Å². The average molecular weight is 359 g/mol. The van der Waals surface area contributed by atoms with Crippen LogP contribution in [0.4, 0.5) is 0 Å². The maximum Gasteiger partial charge on any atom is 0.220 e. The van der Waals surface area contributed by atoms with Crippen molar-refractivity contribution in [3.63, 3.8) is 0 Å². The molecule has 134 valence electrons. The van der Waals surface area contributed by atoms with E-state index < -0.39 is 9.84 Å². The van der Waals surface area contributed by atoms with Gasteiger partial charge in [0.2, 0.25) is 5.91 Å². The van der Waals surface area contributed by atoms with E-state index in [9.17, 15) is 13.2 Å². The molecule has 0 spiro atoms. The molecule has 1 atom stereocenters. The van der Waals surface area contributed by atoms with E-state index in [0.717, 1.165) is 11.1 Å². The monoisotopic (exact) mass is 359 g/mol. The van der Waals surface area contributed by atoms with Gasteiger partial charge in [0.25, 0.3) is 0 Å². The first kappa shape index (κ1) is 19.2. The lowest BCUT2D eigenvalue weighted by Gasteiger charge is -2.15. The molecule has 1 unspecified atom stereocenters. The summed E-state index contributed by atoms with van der Waals surface area (Å²) in [6.07, 6.45) is 2.31. The molecule has 25 heavy (non-hydrogen) atoms. The van der Waals surface area contributed by atoms with Crippen molar-refractivity contribution in [3.05, 3.63) is 64.7 Å². The first-order chi connectivity index (χ1) is 11.7. The number of rotatable bonds is 6. The molecule has 0 fully saturated rings. The molecule has 0 aromatic heterocycles. The summed E-state index contributed by atoms with van der Waals surface area (Å²) in [4.78, 5) is 12.5. The maximum absolute atomic E-state index is 12.2. The highest BCUT2D eigenvalue weighted by atomic mass is 32.2. The number of benzene rings is 2. The number of amides is 1. The van der Waals surface area contributed by atoms with E-state index in [1.54, 1.807) is 24.3 Å². The van der Waals surface area contributed by atoms with Crippen molar-refractivity contribution in [1.82, 2.24) is 5.32 Å². The van der Waals surface area contributed by atoms with Gasteiger partial charge in [-0.05, 0) is 61.6 Å². The lowest BCUT2D eigenvalue weighted by Crippen LogP contribution is -2.26. The van der Waals surface area contributed by atoms with E-state index in [0.29, 0.717) is 12.8 Å². The summed E-state index contributed by atoms with van der Waals surface area (Å²) in [5.41, 5.74) is 4.52. The largest absolute Gasteiger partial charge is 0.350 e. The second-order valence-corrected chi connectivity index (χ2v) is 8.56. The van der Waals surface area contributed by atoms with E-state index in [1.165, 1.54) is 17.4 Å². The molecule has 2 rings (SSSR count). The zero-order chi connectivity index (χ0) is 18.6. The Bertz CT molecular complexity index is 855. The average Bonchev–Trinajstić information content (AvgIpc) is 2.55. The molecule has 1 N–H and O–H groups in total. The highest BCUT2D eigenvalue weighted by Gasteiger charge is 2.12. The van der Waals surface area contributed by atoms with E-state index in [-0.39, 0.29) is 16.8 Å². The standard InChI is InChI=1S/C20H25NO3S/c1-14-5-6-17(13-15(14)2)7-12-20(22)21-16(3)18-8-10-19(11-9-18)25(4,23)24/h5-6,8-11,13,16H,7,12H2,1-4H3,(H,21,22). The van der Waals surface area contributed by atoms with Crippen LogP contribution in [0.25, 0.3) is 0 Å². The van der Waals surface area contributed by atoms with Crippen molar-refractivity contribution in [2.24, 2.45) is 0 Å². The van der Waals surface area contributed by atoms with Crippen LogP contribution in [0.2, 0.25) is 0 Å². The van der Waals surface area contributed by atoms with Gasteiger partial charge in [-0.25, -0.2) is 8.42 Å². The molecule has 0 aliphatic rings. The molecule has 2 aromatic rings. The molecular weight excluding hydrogens is 334 g/mol. The Morgan fingerprint density at radius 3 is 2.24 bits per heavy atom. The minimum absolute atomic E-state index is 0.0158. The fraction of sp³-hybridized carbons (Fsp3) is 0.350. The summed E-state index contributed by atoms with van der Waals surface area (Å²) in [6, 6.07) is 12.7. The number of carbonyl (C=O) groups excluding carboxylic acids is 1. The van der Waals surface area contributed by atoms with Crippen molar-refractivity contribution < 1.29 is 13.2 Å². The van der Waals surface area contributed by atoms with Gasteiger partial charge < -0.3 is 5.32 Å². The molecule has 5 heteroatoms. The van der Waals surface area contributed by atoms with Gasteiger partial charge in [0, 0.05) is 12.7 Å². The third kappa shape index (κ3) is 5.43. The molecular formula is C20H25NO3S.